The van der Waals surface area contributed by atoms with Gasteiger partial charge in [0.1, 0.15) is 5.56 Å². The van der Waals surface area contributed by atoms with Gasteiger partial charge in [0.2, 0.25) is 0 Å². The fourth-order valence-electron chi connectivity index (χ4n) is 4.21. The van der Waals surface area contributed by atoms with E-state index in [0.29, 0.717) is 16.8 Å². The lowest BCUT2D eigenvalue weighted by atomic mass is 9.77. The molecule has 198 valence electrons. The summed E-state index contributed by atoms with van der Waals surface area (Å²) in [6.07, 6.45) is 1.59. The van der Waals surface area contributed by atoms with Gasteiger partial charge in [-0.05, 0) is 31.0 Å². The molecule has 1 atom stereocenters. The molecule has 1 aromatic carbocycles. The van der Waals surface area contributed by atoms with Crippen molar-refractivity contribution in [1.82, 2.24) is 4.57 Å². The van der Waals surface area contributed by atoms with Crippen molar-refractivity contribution >= 4 is 16.1 Å². The number of benzene rings is 1. The topological polar surface area (TPSA) is 110 Å². The zero-order chi connectivity index (χ0) is 27.1. The molecule has 2 heterocycles. The van der Waals surface area contributed by atoms with Gasteiger partial charge in [0.25, 0.3) is 0 Å². The Morgan fingerprint density at radius 2 is 1.81 bits per heavy atom. The third-order valence-corrected chi connectivity index (χ3v) is 6.86. The number of ether oxygens (including phenoxy) is 3. The van der Waals surface area contributed by atoms with Crippen LogP contribution in [0.3, 0.4) is 0 Å². The average Bonchev–Trinajstić information content (AvgIpc) is 2.76. The summed E-state index contributed by atoms with van der Waals surface area (Å²) in [5, 5.41) is 0. The fourth-order valence-corrected chi connectivity index (χ4v) is 4.67. The Balaban J connectivity index is 2.27. The molecule has 0 radical (unpaired) electrons. The summed E-state index contributed by atoms with van der Waals surface area (Å²) in [5.41, 5.74) is -5.85. The molecule has 0 bridgehead atoms. The minimum atomic E-state index is -5.95. The van der Waals surface area contributed by atoms with Crippen molar-refractivity contribution < 1.29 is 44.8 Å². The van der Waals surface area contributed by atoms with E-state index in [1.807, 2.05) is 13.8 Å². The maximum absolute atomic E-state index is 13.0. The predicted octanol–water partition coefficient (Wildman–Crippen LogP) is 3.70. The molecule has 0 spiro atoms. The molecule has 0 amide bonds. The highest BCUT2D eigenvalue weighted by Gasteiger charge is 2.49. The Hall–Kier alpha value is -3.06. The van der Waals surface area contributed by atoms with Gasteiger partial charge in [-0.25, -0.2) is 4.79 Å². The molecule has 1 aliphatic heterocycles. The van der Waals surface area contributed by atoms with E-state index in [1.54, 1.807) is 11.5 Å². The summed E-state index contributed by atoms with van der Waals surface area (Å²) >= 11 is 0. The van der Waals surface area contributed by atoms with Gasteiger partial charge in [0.15, 0.2) is 16.9 Å². The molecule has 0 aliphatic carbocycles. The van der Waals surface area contributed by atoms with Crippen LogP contribution in [-0.2, 0) is 26.0 Å². The van der Waals surface area contributed by atoms with Crippen molar-refractivity contribution in [3.8, 4) is 22.8 Å². The number of aromatic nitrogens is 1. The molecule has 0 fully saturated rings. The van der Waals surface area contributed by atoms with Crippen LogP contribution in [0.15, 0.2) is 29.2 Å². The zero-order valence-electron chi connectivity index (χ0n) is 20.3. The molecule has 2 aromatic rings. The molecule has 3 rings (SSSR count). The SMILES string of the molecule is CCOC(=O)c1cn2c(cc1=O)-c1cc(OC)c(OS(=O)(=O)C(F)(F)F)cc1CC2C(C)(C)COC. The Morgan fingerprint density at radius 1 is 1.14 bits per heavy atom. The number of fused-ring (bicyclic) bond motifs is 3. The number of halogens is 3. The summed E-state index contributed by atoms with van der Waals surface area (Å²) < 4.78 is 83.7. The predicted molar refractivity (Wildman–Crippen MR) is 123 cm³/mol. The van der Waals surface area contributed by atoms with E-state index in [4.69, 9.17) is 14.2 Å². The zero-order valence-corrected chi connectivity index (χ0v) is 21.1. The first-order chi connectivity index (χ1) is 16.7. The minimum Gasteiger partial charge on any atom is -0.493 e. The number of carbonyl (C=O) groups is 1. The molecule has 1 aromatic heterocycles. The highest BCUT2D eigenvalue weighted by molar-refractivity contribution is 7.88. The van der Waals surface area contributed by atoms with Crippen molar-refractivity contribution in [1.29, 1.82) is 0 Å². The number of carbonyl (C=O) groups excluding carboxylic acids is 1. The third kappa shape index (κ3) is 5.07. The van der Waals surface area contributed by atoms with Crippen LogP contribution in [0.25, 0.3) is 11.3 Å². The fraction of sp³-hybridized carbons (Fsp3) is 0.478. The number of pyridine rings is 1. The first-order valence-corrected chi connectivity index (χ1v) is 12.2. The van der Waals surface area contributed by atoms with Gasteiger partial charge < -0.3 is 23.0 Å². The van der Waals surface area contributed by atoms with E-state index >= 15 is 0 Å². The van der Waals surface area contributed by atoms with Gasteiger partial charge in [-0.3, -0.25) is 4.79 Å². The van der Waals surface area contributed by atoms with Gasteiger partial charge in [0.05, 0.1) is 26.0 Å². The monoisotopic (exact) mass is 533 g/mol. The highest BCUT2D eigenvalue weighted by Crippen LogP contribution is 2.46. The summed E-state index contributed by atoms with van der Waals surface area (Å²) in [4.78, 5) is 25.2. The van der Waals surface area contributed by atoms with Crippen LogP contribution in [0, 0.1) is 5.41 Å². The number of nitrogens with zero attached hydrogens (tertiary/aromatic N) is 1. The maximum atomic E-state index is 13.0. The first kappa shape index (κ1) is 27.5. The van der Waals surface area contributed by atoms with Crippen molar-refractivity contribution in [2.75, 3.05) is 27.4 Å². The van der Waals surface area contributed by atoms with Crippen molar-refractivity contribution in [2.24, 2.45) is 5.41 Å². The number of hydrogen-bond donors (Lipinski definition) is 0. The number of alkyl halides is 3. The van der Waals surface area contributed by atoms with Crippen LogP contribution in [0.4, 0.5) is 13.2 Å². The third-order valence-electron chi connectivity index (χ3n) is 5.89. The first-order valence-electron chi connectivity index (χ1n) is 10.8. The Bertz CT molecular complexity index is 1330. The molecule has 9 nitrogen and oxygen atoms in total. The lowest BCUT2D eigenvalue weighted by molar-refractivity contribution is -0.0500. The summed E-state index contributed by atoms with van der Waals surface area (Å²) in [6.45, 7) is 5.71. The van der Waals surface area contributed by atoms with Gasteiger partial charge in [0, 0.05) is 36.4 Å². The van der Waals surface area contributed by atoms with E-state index < -0.39 is 44.2 Å². The largest absolute Gasteiger partial charge is 0.534 e. The van der Waals surface area contributed by atoms with Crippen LogP contribution < -0.4 is 14.3 Å². The normalized spacial score (nSPS) is 15.6. The lowest BCUT2D eigenvalue weighted by Gasteiger charge is -2.40. The van der Waals surface area contributed by atoms with E-state index in [9.17, 15) is 31.2 Å². The maximum Gasteiger partial charge on any atom is 0.534 e. The molecule has 0 saturated carbocycles. The van der Waals surface area contributed by atoms with Crippen LogP contribution in [0.2, 0.25) is 0 Å². The van der Waals surface area contributed by atoms with Gasteiger partial charge in [-0.1, -0.05) is 13.8 Å². The average molecular weight is 534 g/mol. The van der Waals surface area contributed by atoms with E-state index in [-0.39, 0.29) is 30.9 Å². The quantitative estimate of drug-likeness (QED) is 0.287. The summed E-state index contributed by atoms with van der Waals surface area (Å²) in [6, 6.07) is 3.23. The van der Waals surface area contributed by atoms with E-state index in [1.165, 1.54) is 25.4 Å². The van der Waals surface area contributed by atoms with Crippen LogP contribution in [0.1, 0.15) is 42.7 Å². The Morgan fingerprint density at radius 3 is 2.36 bits per heavy atom. The highest BCUT2D eigenvalue weighted by atomic mass is 32.2. The van der Waals surface area contributed by atoms with Crippen LogP contribution in [-0.4, -0.2) is 51.9 Å². The second-order valence-corrected chi connectivity index (χ2v) is 10.4. The molecule has 1 unspecified atom stereocenters. The van der Waals surface area contributed by atoms with Gasteiger partial charge >= 0.3 is 21.6 Å². The number of rotatable bonds is 8. The Labute approximate surface area is 205 Å². The van der Waals surface area contributed by atoms with Crippen molar-refractivity contribution in [3.63, 3.8) is 0 Å². The summed E-state index contributed by atoms with van der Waals surface area (Å²) in [5.74, 6) is -1.72. The molecule has 36 heavy (non-hydrogen) atoms. The molecule has 1 aliphatic rings. The molecular weight excluding hydrogens is 507 g/mol. The minimum absolute atomic E-state index is 0.0717. The van der Waals surface area contributed by atoms with Gasteiger partial charge in [-0.2, -0.15) is 21.6 Å². The van der Waals surface area contributed by atoms with Crippen LogP contribution >= 0.6 is 0 Å². The smallest absolute Gasteiger partial charge is 0.493 e. The molecule has 13 heteroatoms. The molecular formula is C23H26F3NO8S. The standard InChI is InChI=1S/C23H26F3NO8S/c1-6-34-21(29)15-11-27-16(10-17(15)28)14-9-18(33-5)19(35-36(30,31)23(24,25)26)7-13(14)8-20(27)22(2,3)12-32-4/h7,9-11,20H,6,8,12H2,1-5H3. The summed E-state index contributed by atoms with van der Waals surface area (Å²) in [7, 11) is -3.31. The number of esters is 1. The van der Waals surface area contributed by atoms with E-state index in [0.717, 1.165) is 13.2 Å². The van der Waals surface area contributed by atoms with Crippen molar-refractivity contribution in [2.45, 2.75) is 38.7 Å². The molecule has 0 saturated heterocycles. The second kappa shape index (κ2) is 9.77. The Kier molecular flexibility index (Phi) is 7.47. The number of hydrogen-bond acceptors (Lipinski definition) is 8. The number of methoxy groups -OCH3 is 2. The second-order valence-electron chi connectivity index (χ2n) is 8.85. The molecule has 0 N–H and O–H groups in total. The lowest BCUT2D eigenvalue weighted by Crippen LogP contribution is -2.37. The van der Waals surface area contributed by atoms with Gasteiger partial charge in [-0.15, -0.1) is 0 Å². The van der Waals surface area contributed by atoms with Crippen LogP contribution in [0.5, 0.6) is 11.5 Å². The van der Waals surface area contributed by atoms with Crippen molar-refractivity contribution in [3.05, 3.63) is 45.7 Å². The van der Waals surface area contributed by atoms with E-state index in [2.05, 4.69) is 4.18 Å².